The van der Waals surface area contributed by atoms with Gasteiger partial charge in [0.2, 0.25) is 0 Å². The highest BCUT2D eigenvalue weighted by Crippen LogP contribution is 2.27. The lowest BCUT2D eigenvalue weighted by atomic mass is 9.87. The van der Waals surface area contributed by atoms with Gasteiger partial charge in [-0.1, -0.05) is 27.7 Å². The van der Waals surface area contributed by atoms with Crippen molar-refractivity contribution < 1.29 is 0 Å². The van der Waals surface area contributed by atoms with Crippen molar-refractivity contribution in [1.82, 2.24) is 4.90 Å². The lowest BCUT2D eigenvalue weighted by molar-refractivity contribution is 0.185. The summed E-state index contributed by atoms with van der Waals surface area (Å²) in [4.78, 5) is 2.68. The third-order valence-corrected chi connectivity index (χ3v) is 4.06. The first-order chi connectivity index (χ1) is 7.83. The van der Waals surface area contributed by atoms with Gasteiger partial charge in [0.05, 0.1) is 0 Å². The lowest BCUT2D eigenvalue weighted by Gasteiger charge is -2.30. The largest absolute Gasteiger partial charge is 0.328 e. The van der Waals surface area contributed by atoms with Crippen LogP contribution in [0.15, 0.2) is 0 Å². The van der Waals surface area contributed by atoms with Crippen molar-refractivity contribution in [2.24, 2.45) is 11.1 Å². The maximum atomic E-state index is 6.24. The van der Waals surface area contributed by atoms with Gasteiger partial charge < -0.3 is 5.73 Å². The first-order valence-corrected chi connectivity index (χ1v) is 7.35. The molecule has 0 spiro atoms. The molecule has 1 rings (SSSR count). The van der Waals surface area contributed by atoms with Gasteiger partial charge in [-0.15, -0.1) is 0 Å². The summed E-state index contributed by atoms with van der Waals surface area (Å²) >= 11 is 0. The molecule has 2 nitrogen and oxygen atoms in total. The summed E-state index contributed by atoms with van der Waals surface area (Å²) < 4.78 is 0. The van der Waals surface area contributed by atoms with E-state index in [9.17, 15) is 0 Å². The van der Waals surface area contributed by atoms with E-state index in [1.54, 1.807) is 0 Å². The standard InChI is InChI=1S/C15H32N2/c1-6-14-8-7-12(2)17(14)10-9-13(16)11-15(3,4)5/h12-14H,6-11,16H2,1-5H3. The highest BCUT2D eigenvalue weighted by molar-refractivity contribution is 4.85. The zero-order valence-electron chi connectivity index (χ0n) is 12.5. The summed E-state index contributed by atoms with van der Waals surface area (Å²) in [6.45, 7) is 12.7. The third-order valence-electron chi connectivity index (χ3n) is 4.06. The molecule has 1 saturated heterocycles. The molecule has 0 saturated carbocycles. The Morgan fingerprint density at radius 1 is 1.29 bits per heavy atom. The Bertz CT molecular complexity index is 219. The van der Waals surface area contributed by atoms with Gasteiger partial charge in [-0.2, -0.15) is 0 Å². The van der Waals surface area contributed by atoms with Gasteiger partial charge in [0.25, 0.3) is 0 Å². The quantitative estimate of drug-likeness (QED) is 0.798. The van der Waals surface area contributed by atoms with Gasteiger partial charge in [0.15, 0.2) is 0 Å². The molecule has 0 aromatic heterocycles. The molecule has 3 atom stereocenters. The fraction of sp³-hybridized carbons (Fsp3) is 1.00. The predicted octanol–water partition coefficient (Wildman–Crippen LogP) is 3.40. The van der Waals surface area contributed by atoms with Crippen LogP contribution in [-0.4, -0.2) is 29.6 Å². The topological polar surface area (TPSA) is 29.3 Å². The molecule has 0 radical (unpaired) electrons. The van der Waals surface area contributed by atoms with Crippen molar-refractivity contribution in [3.8, 4) is 0 Å². The van der Waals surface area contributed by atoms with E-state index < -0.39 is 0 Å². The van der Waals surface area contributed by atoms with Crippen molar-refractivity contribution in [1.29, 1.82) is 0 Å². The summed E-state index contributed by atoms with van der Waals surface area (Å²) in [6.07, 6.45) is 6.32. The molecular formula is C15H32N2. The molecule has 2 N–H and O–H groups in total. The molecule has 17 heavy (non-hydrogen) atoms. The van der Waals surface area contributed by atoms with Crippen LogP contribution in [0.5, 0.6) is 0 Å². The van der Waals surface area contributed by atoms with E-state index in [2.05, 4.69) is 39.5 Å². The summed E-state index contributed by atoms with van der Waals surface area (Å²) in [6, 6.07) is 1.94. The summed E-state index contributed by atoms with van der Waals surface area (Å²) in [5.74, 6) is 0. The number of nitrogens with zero attached hydrogens (tertiary/aromatic N) is 1. The molecule has 0 amide bonds. The molecule has 0 aromatic rings. The average Bonchev–Trinajstić information content (AvgIpc) is 2.53. The molecule has 0 bridgehead atoms. The van der Waals surface area contributed by atoms with Crippen LogP contribution in [0.25, 0.3) is 0 Å². The molecule has 1 aliphatic heterocycles. The molecule has 1 fully saturated rings. The second kappa shape index (κ2) is 6.19. The summed E-state index contributed by atoms with van der Waals surface area (Å²) in [5, 5.41) is 0. The number of likely N-dealkylation sites (tertiary alicyclic amines) is 1. The van der Waals surface area contributed by atoms with Crippen molar-refractivity contribution in [2.45, 2.75) is 84.8 Å². The maximum Gasteiger partial charge on any atom is 0.00960 e. The zero-order valence-corrected chi connectivity index (χ0v) is 12.5. The van der Waals surface area contributed by atoms with Gasteiger partial charge in [-0.05, 0) is 44.4 Å². The number of hydrogen-bond donors (Lipinski definition) is 1. The Kier molecular flexibility index (Phi) is 5.46. The molecule has 1 heterocycles. The van der Waals surface area contributed by atoms with Crippen LogP contribution in [-0.2, 0) is 0 Å². The van der Waals surface area contributed by atoms with Crippen molar-refractivity contribution in [3.63, 3.8) is 0 Å². The van der Waals surface area contributed by atoms with E-state index in [1.807, 2.05) is 0 Å². The van der Waals surface area contributed by atoms with Crippen molar-refractivity contribution >= 4 is 0 Å². The molecule has 102 valence electrons. The minimum absolute atomic E-state index is 0.361. The minimum atomic E-state index is 0.361. The van der Waals surface area contributed by atoms with Gasteiger partial charge in [0.1, 0.15) is 0 Å². The minimum Gasteiger partial charge on any atom is -0.328 e. The van der Waals surface area contributed by atoms with Gasteiger partial charge in [0, 0.05) is 24.7 Å². The maximum absolute atomic E-state index is 6.24. The van der Waals surface area contributed by atoms with Gasteiger partial charge in [-0.3, -0.25) is 4.90 Å². The zero-order chi connectivity index (χ0) is 13.1. The van der Waals surface area contributed by atoms with Crippen LogP contribution in [0.2, 0.25) is 0 Å². The Morgan fingerprint density at radius 3 is 2.47 bits per heavy atom. The number of rotatable bonds is 5. The third kappa shape index (κ3) is 4.97. The number of hydrogen-bond acceptors (Lipinski definition) is 2. The van der Waals surface area contributed by atoms with E-state index in [0.717, 1.165) is 24.9 Å². The Hall–Kier alpha value is -0.0800. The normalized spacial score (nSPS) is 28.6. The Labute approximate surface area is 108 Å². The van der Waals surface area contributed by atoms with Crippen molar-refractivity contribution in [2.75, 3.05) is 6.54 Å². The van der Waals surface area contributed by atoms with Crippen LogP contribution in [0.1, 0.15) is 66.7 Å². The molecular weight excluding hydrogens is 208 g/mol. The smallest absolute Gasteiger partial charge is 0.00960 e. The number of nitrogens with two attached hydrogens (primary N) is 1. The second-order valence-corrected chi connectivity index (χ2v) is 7.04. The van der Waals surface area contributed by atoms with Gasteiger partial charge in [-0.25, -0.2) is 0 Å². The van der Waals surface area contributed by atoms with Crippen LogP contribution >= 0.6 is 0 Å². The molecule has 1 aliphatic rings. The summed E-state index contributed by atoms with van der Waals surface area (Å²) in [5.41, 5.74) is 6.60. The fourth-order valence-corrected chi connectivity index (χ4v) is 3.17. The summed E-state index contributed by atoms with van der Waals surface area (Å²) in [7, 11) is 0. The van der Waals surface area contributed by atoms with Crippen LogP contribution in [0.4, 0.5) is 0 Å². The lowest BCUT2D eigenvalue weighted by Crippen LogP contribution is -2.38. The highest BCUT2D eigenvalue weighted by Gasteiger charge is 2.29. The van der Waals surface area contributed by atoms with E-state index in [4.69, 9.17) is 5.73 Å². The predicted molar refractivity (Wildman–Crippen MR) is 76.1 cm³/mol. The van der Waals surface area contributed by atoms with E-state index in [0.29, 0.717) is 11.5 Å². The molecule has 3 unspecified atom stereocenters. The van der Waals surface area contributed by atoms with Crippen LogP contribution in [0.3, 0.4) is 0 Å². The monoisotopic (exact) mass is 240 g/mol. The van der Waals surface area contributed by atoms with Crippen molar-refractivity contribution in [3.05, 3.63) is 0 Å². The fourth-order valence-electron chi connectivity index (χ4n) is 3.17. The first kappa shape index (κ1) is 15.0. The van der Waals surface area contributed by atoms with E-state index in [1.165, 1.54) is 25.8 Å². The van der Waals surface area contributed by atoms with Gasteiger partial charge >= 0.3 is 0 Å². The molecule has 2 heteroatoms. The van der Waals surface area contributed by atoms with E-state index in [-0.39, 0.29) is 0 Å². The molecule has 0 aliphatic carbocycles. The van der Waals surface area contributed by atoms with E-state index >= 15 is 0 Å². The van der Waals surface area contributed by atoms with Crippen LogP contribution < -0.4 is 5.73 Å². The van der Waals surface area contributed by atoms with Crippen LogP contribution in [0, 0.1) is 5.41 Å². The Morgan fingerprint density at radius 2 is 1.94 bits per heavy atom. The Balaban J connectivity index is 2.34. The SMILES string of the molecule is CCC1CCC(C)N1CCC(N)CC(C)(C)C. The first-order valence-electron chi connectivity index (χ1n) is 7.35. The second-order valence-electron chi connectivity index (χ2n) is 7.04. The average molecular weight is 240 g/mol. The molecule has 0 aromatic carbocycles. The highest BCUT2D eigenvalue weighted by atomic mass is 15.2.